The number of carbonyl (C=O) groups excluding carboxylic acids is 4. The van der Waals surface area contributed by atoms with Crippen molar-refractivity contribution in [3.63, 3.8) is 0 Å². The highest BCUT2D eigenvalue weighted by molar-refractivity contribution is 5.98. The van der Waals surface area contributed by atoms with Crippen LogP contribution in [0.25, 0.3) is 0 Å². The molecule has 3 rings (SSSR count). The van der Waals surface area contributed by atoms with Gasteiger partial charge in [-0.1, -0.05) is 38.3 Å². The zero-order valence-corrected chi connectivity index (χ0v) is 25.7. The fourth-order valence-corrected chi connectivity index (χ4v) is 6.94. The number of hydrogen-bond donors (Lipinski definition) is 2. The van der Waals surface area contributed by atoms with Gasteiger partial charge in [-0.3, -0.25) is 19.2 Å². The van der Waals surface area contributed by atoms with Crippen LogP contribution in [0.4, 0.5) is 0 Å². The van der Waals surface area contributed by atoms with E-state index < -0.39 is 41.7 Å². The molecule has 3 aliphatic rings. The van der Waals surface area contributed by atoms with Gasteiger partial charge in [-0.15, -0.1) is 13.2 Å². The van der Waals surface area contributed by atoms with Gasteiger partial charge in [0.15, 0.2) is 0 Å². The second kappa shape index (κ2) is 15.7. The van der Waals surface area contributed by atoms with Crippen molar-refractivity contribution in [1.29, 1.82) is 0 Å². The monoisotopic (exact) mass is 589 g/mol. The molecule has 1 spiro atoms. The van der Waals surface area contributed by atoms with E-state index in [-0.39, 0.29) is 36.9 Å². The Morgan fingerprint density at radius 3 is 2.62 bits per heavy atom. The molecule has 0 radical (unpaired) electrons. The number of nitrogens with zero attached hydrogens (tertiary/aromatic N) is 2. The molecule has 10 nitrogen and oxygen atoms in total. The van der Waals surface area contributed by atoms with E-state index in [9.17, 15) is 19.2 Å². The Labute approximate surface area is 250 Å². The Bertz CT molecular complexity index is 987. The van der Waals surface area contributed by atoms with Crippen LogP contribution in [0, 0.1) is 11.8 Å². The molecule has 42 heavy (non-hydrogen) atoms. The lowest BCUT2D eigenvalue weighted by atomic mass is 9.70. The number of esters is 1. The molecule has 236 valence electrons. The molecular formula is C32H51N3O7. The first-order valence-electron chi connectivity index (χ1n) is 15.7. The maximum atomic E-state index is 14.4. The summed E-state index contributed by atoms with van der Waals surface area (Å²) in [6, 6.07) is -0.865. The van der Waals surface area contributed by atoms with Crippen molar-refractivity contribution in [2.75, 3.05) is 26.2 Å². The van der Waals surface area contributed by atoms with Gasteiger partial charge in [-0.05, 0) is 52.4 Å². The van der Waals surface area contributed by atoms with Crippen LogP contribution >= 0.6 is 0 Å². The van der Waals surface area contributed by atoms with Crippen molar-refractivity contribution < 1.29 is 33.8 Å². The highest BCUT2D eigenvalue weighted by Crippen LogP contribution is 2.59. The Kier molecular flexibility index (Phi) is 12.6. The molecule has 3 saturated heterocycles. The second-order valence-electron chi connectivity index (χ2n) is 12.0. The molecule has 1 unspecified atom stereocenters. The molecule has 0 aromatic rings. The Hall–Kier alpha value is -2.72. The summed E-state index contributed by atoms with van der Waals surface area (Å²) in [5.41, 5.74) is -1.08. The quantitative estimate of drug-likeness (QED) is 0.135. The number of amides is 3. The van der Waals surface area contributed by atoms with Crippen LogP contribution in [-0.2, 0) is 28.7 Å². The third-order valence-electron chi connectivity index (χ3n) is 8.94. The van der Waals surface area contributed by atoms with Gasteiger partial charge in [0, 0.05) is 32.2 Å². The Morgan fingerprint density at radius 2 is 1.95 bits per heavy atom. The van der Waals surface area contributed by atoms with Gasteiger partial charge in [0.05, 0.1) is 24.5 Å². The van der Waals surface area contributed by atoms with E-state index in [1.165, 1.54) is 0 Å². The molecule has 2 N–H and O–H groups in total. The van der Waals surface area contributed by atoms with Gasteiger partial charge in [0.25, 0.3) is 0 Å². The van der Waals surface area contributed by atoms with E-state index >= 15 is 0 Å². The number of unbranched alkanes of at least 4 members (excludes halogenated alkanes) is 3. The second-order valence-corrected chi connectivity index (χ2v) is 12.0. The molecule has 7 atom stereocenters. The van der Waals surface area contributed by atoms with E-state index in [1.807, 2.05) is 6.92 Å². The average Bonchev–Trinajstić information content (AvgIpc) is 3.60. The zero-order valence-electron chi connectivity index (χ0n) is 25.7. The van der Waals surface area contributed by atoms with Crippen molar-refractivity contribution in [3.8, 4) is 0 Å². The van der Waals surface area contributed by atoms with Gasteiger partial charge in [-0.2, -0.15) is 0 Å². The van der Waals surface area contributed by atoms with E-state index in [0.29, 0.717) is 51.6 Å². The van der Waals surface area contributed by atoms with Gasteiger partial charge in [0.2, 0.25) is 17.7 Å². The summed E-state index contributed by atoms with van der Waals surface area (Å²) in [5.74, 6) is -2.66. The summed E-state index contributed by atoms with van der Waals surface area (Å²) < 4.78 is 12.3. The highest BCUT2D eigenvalue weighted by Gasteiger charge is 2.75. The molecule has 0 aromatic carbocycles. The number of fused-ring (bicyclic) bond motifs is 1. The van der Waals surface area contributed by atoms with Crippen molar-refractivity contribution in [2.24, 2.45) is 11.8 Å². The zero-order chi connectivity index (χ0) is 30.9. The average molecular weight is 590 g/mol. The van der Waals surface area contributed by atoms with Gasteiger partial charge in [0.1, 0.15) is 17.7 Å². The van der Waals surface area contributed by atoms with Gasteiger partial charge in [-0.25, -0.2) is 0 Å². The standard InChI is InChI=1S/C32H51N3O7/c1-6-9-15-25(37)33-21-23(5)41-31(40)26-24-16-17-32(42-24)27(26)29(38)35(19-12-10-11-13-20-36)28(32)30(39)34(18-8-3)22(4)14-7-2/h6,8,22-24,26-28,36H,1,3,7,9-21H2,2,4-5H3,(H,33,37)/t22?,23-,24+,26-,27-,28+,32-/m0/s1. The minimum absolute atomic E-state index is 0.0423. The first kappa shape index (κ1) is 33.8. The predicted octanol–water partition coefficient (Wildman–Crippen LogP) is 3.13. The largest absolute Gasteiger partial charge is 0.460 e. The van der Waals surface area contributed by atoms with E-state index in [1.54, 1.807) is 28.9 Å². The molecule has 0 aliphatic carbocycles. The molecule has 3 heterocycles. The lowest BCUT2D eigenvalue weighted by Crippen LogP contribution is -2.57. The summed E-state index contributed by atoms with van der Waals surface area (Å²) in [6.07, 6.45) is 9.01. The van der Waals surface area contributed by atoms with Gasteiger partial charge >= 0.3 is 5.97 Å². The first-order chi connectivity index (χ1) is 20.2. The van der Waals surface area contributed by atoms with E-state index in [4.69, 9.17) is 14.6 Å². The molecular weight excluding hydrogens is 538 g/mol. The molecule has 3 amide bonds. The summed E-state index contributed by atoms with van der Waals surface area (Å²) in [7, 11) is 0. The number of likely N-dealkylation sites (tertiary alicyclic amines) is 1. The molecule has 3 aliphatic heterocycles. The fourth-order valence-electron chi connectivity index (χ4n) is 6.94. The number of hydrogen-bond acceptors (Lipinski definition) is 7. The van der Waals surface area contributed by atoms with Crippen molar-refractivity contribution in [1.82, 2.24) is 15.1 Å². The highest BCUT2D eigenvalue weighted by atomic mass is 16.6. The van der Waals surface area contributed by atoms with Crippen LogP contribution < -0.4 is 5.32 Å². The van der Waals surface area contributed by atoms with Gasteiger partial charge < -0.3 is 29.7 Å². The maximum absolute atomic E-state index is 14.4. The lowest BCUT2D eigenvalue weighted by molar-refractivity contribution is -0.159. The molecule has 2 bridgehead atoms. The van der Waals surface area contributed by atoms with E-state index in [0.717, 1.165) is 25.7 Å². The van der Waals surface area contributed by atoms with Crippen LogP contribution in [0.2, 0.25) is 0 Å². The van der Waals surface area contributed by atoms with Crippen LogP contribution in [0.1, 0.15) is 85.0 Å². The smallest absolute Gasteiger partial charge is 0.312 e. The SMILES string of the molecule is C=CCCC(=O)NC[C@H](C)OC(=O)[C@@H]1[C@H]2C(=O)N(CCCCCCO)[C@H](C(=O)N(CC=C)C(C)CCC)[C@]23CC[C@H]1O3. The summed E-state index contributed by atoms with van der Waals surface area (Å²) in [6.45, 7) is 14.3. The molecule has 3 fully saturated rings. The third kappa shape index (κ3) is 7.25. The third-order valence-corrected chi connectivity index (χ3v) is 8.94. The van der Waals surface area contributed by atoms with Crippen molar-refractivity contribution >= 4 is 23.7 Å². The topological polar surface area (TPSA) is 125 Å². The lowest BCUT2D eigenvalue weighted by Gasteiger charge is -2.39. The van der Waals surface area contributed by atoms with Crippen LogP contribution in [0.5, 0.6) is 0 Å². The number of aliphatic hydroxyl groups is 1. The predicted molar refractivity (Wildman–Crippen MR) is 159 cm³/mol. The van der Waals surface area contributed by atoms with Crippen molar-refractivity contribution in [3.05, 3.63) is 25.3 Å². The van der Waals surface area contributed by atoms with E-state index in [2.05, 4.69) is 25.4 Å². The Morgan fingerprint density at radius 1 is 1.21 bits per heavy atom. The number of ether oxygens (including phenoxy) is 2. The first-order valence-corrected chi connectivity index (χ1v) is 15.7. The maximum Gasteiger partial charge on any atom is 0.312 e. The number of carbonyl (C=O) groups is 4. The van der Waals surface area contributed by atoms with Crippen LogP contribution in [-0.4, -0.2) is 94.7 Å². The number of rotatable bonds is 19. The fraction of sp³-hybridized carbons (Fsp3) is 0.750. The molecule has 0 aromatic heterocycles. The van der Waals surface area contributed by atoms with Crippen LogP contribution in [0.15, 0.2) is 25.3 Å². The summed E-state index contributed by atoms with van der Waals surface area (Å²) in [4.78, 5) is 57.5. The summed E-state index contributed by atoms with van der Waals surface area (Å²) >= 11 is 0. The molecule has 0 saturated carbocycles. The van der Waals surface area contributed by atoms with Crippen LogP contribution in [0.3, 0.4) is 0 Å². The summed E-state index contributed by atoms with van der Waals surface area (Å²) in [5, 5.41) is 11.9. The normalized spacial score (nSPS) is 27.3. The van der Waals surface area contributed by atoms with Crippen molar-refractivity contribution in [2.45, 2.75) is 115 Å². The number of allylic oxidation sites excluding steroid dienone is 1. The molecule has 10 heteroatoms. The Balaban J connectivity index is 1.84. The minimum Gasteiger partial charge on any atom is -0.460 e. The number of nitrogens with one attached hydrogen (secondary N) is 1. The number of aliphatic hydroxyl groups excluding tert-OH is 1. The minimum atomic E-state index is -1.08.